The molecule has 2 heterocycles. The summed E-state index contributed by atoms with van der Waals surface area (Å²) in [6.07, 6.45) is 1.58. The zero-order valence-electron chi connectivity index (χ0n) is 11.2. The molecule has 108 valence electrons. The van der Waals surface area contributed by atoms with E-state index in [0.717, 1.165) is 28.6 Å². The predicted octanol–water partition coefficient (Wildman–Crippen LogP) is 0.769. The van der Waals surface area contributed by atoms with Crippen LogP contribution in [0.2, 0.25) is 0 Å². The molecule has 2 aliphatic rings. The van der Waals surface area contributed by atoms with Crippen LogP contribution in [0.3, 0.4) is 0 Å². The first kappa shape index (κ1) is 13.4. The van der Waals surface area contributed by atoms with E-state index < -0.39 is 10.1 Å². The lowest BCUT2D eigenvalue weighted by Crippen LogP contribution is -2.22. The number of ether oxygens (including phenoxy) is 1. The third-order valence-electron chi connectivity index (χ3n) is 3.45. The first-order valence-electron chi connectivity index (χ1n) is 6.30. The van der Waals surface area contributed by atoms with Crippen LogP contribution in [0.4, 0.5) is 5.69 Å². The minimum atomic E-state index is -3.47. The number of carbonyl (C=O) groups is 1. The third kappa shape index (κ3) is 2.38. The molecule has 7 heteroatoms. The normalized spacial score (nSPS) is 20.3. The summed E-state index contributed by atoms with van der Waals surface area (Å²) in [6, 6.07) is 1.97. The van der Waals surface area contributed by atoms with E-state index in [1.54, 1.807) is 0 Å². The van der Waals surface area contributed by atoms with Crippen LogP contribution < -0.4 is 10.1 Å². The summed E-state index contributed by atoms with van der Waals surface area (Å²) in [6.45, 7) is 1.92. The smallest absolute Gasteiger partial charge is 0.264 e. The van der Waals surface area contributed by atoms with Gasteiger partial charge in [0.25, 0.3) is 10.1 Å². The van der Waals surface area contributed by atoms with Gasteiger partial charge in [0, 0.05) is 12.0 Å². The Morgan fingerprint density at radius 1 is 1.50 bits per heavy atom. The van der Waals surface area contributed by atoms with Crippen LogP contribution >= 0.6 is 0 Å². The van der Waals surface area contributed by atoms with Gasteiger partial charge in [-0.05, 0) is 18.1 Å². The van der Waals surface area contributed by atoms with E-state index in [1.165, 1.54) is 0 Å². The second-order valence-electron chi connectivity index (χ2n) is 5.19. The van der Waals surface area contributed by atoms with Crippen LogP contribution in [0, 0.1) is 6.92 Å². The molecule has 0 aliphatic carbocycles. The van der Waals surface area contributed by atoms with Gasteiger partial charge in [-0.25, -0.2) is 0 Å². The molecule has 0 saturated carbocycles. The SMILES string of the molecule is Cc1cc2c(c3c1NC(=O)C3)OC(COS(C)(=O)=O)C2. The highest BCUT2D eigenvalue weighted by atomic mass is 32.2. The molecule has 1 N–H and O–H groups in total. The van der Waals surface area contributed by atoms with Crippen molar-refractivity contribution in [2.24, 2.45) is 0 Å². The molecule has 6 nitrogen and oxygen atoms in total. The van der Waals surface area contributed by atoms with Crippen molar-refractivity contribution in [3.63, 3.8) is 0 Å². The Balaban J connectivity index is 1.84. The number of carbonyl (C=O) groups excluding carboxylic acids is 1. The Morgan fingerprint density at radius 3 is 2.95 bits per heavy atom. The summed E-state index contributed by atoms with van der Waals surface area (Å²) in [4.78, 5) is 11.5. The Labute approximate surface area is 117 Å². The topological polar surface area (TPSA) is 81.7 Å². The van der Waals surface area contributed by atoms with Crippen LogP contribution in [-0.4, -0.2) is 33.3 Å². The average molecular weight is 297 g/mol. The van der Waals surface area contributed by atoms with Gasteiger partial charge in [-0.3, -0.25) is 8.98 Å². The van der Waals surface area contributed by atoms with E-state index in [4.69, 9.17) is 8.92 Å². The molecule has 0 fully saturated rings. The van der Waals surface area contributed by atoms with Crippen molar-refractivity contribution in [2.45, 2.75) is 25.9 Å². The van der Waals surface area contributed by atoms with E-state index in [0.29, 0.717) is 18.6 Å². The maximum atomic E-state index is 11.5. The molecule has 0 bridgehead atoms. The lowest BCUT2D eigenvalue weighted by atomic mass is 10.0. The summed E-state index contributed by atoms with van der Waals surface area (Å²) in [5.41, 5.74) is 3.68. The molecule has 0 radical (unpaired) electrons. The molecule has 0 aromatic heterocycles. The third-order valence-corrected chi connectivity index (χ3v) is 4.02. The second kappa shape index (κ2) is 4.46. The molecule has 3 rings (SSSR count). The number of anilines is 1. The zero-order chi connectivity index (χ0) is 14.5. The van der Waals surface area contributed by atoms with Gasteiger partial charge in [0.05, 0.1) is 18.4 Å². The fourth-order valence-corrected chi connectivity index (χ4v) is 3.07. The Kier molecular flexibility index (Phi) is 2.98. The van der Waals surface area contributed by atoms with Crippen LogP contribution in [0.15, 0.2) is 6.07 Å². The van der Waals surface area contributed by atoms with E-state index in [-0.39, 0.29) is 18.6 Å². The maximum Gasteiger partial charge on any atom is 0.264 e. The summed E-state index contributed by atoms with van der Waals surface area (Å²) >= 11 is 0. The van der Waals surface area contributed by atoms with Crippen molar-refractivity contribution in [3.05, 3.63) is 22.8 Å². The number of hydrogen-bond donors (Lipinski definition) is 1. The monoisotopic (exact) mass is 297 g/mol. The van der Waals surface area contributed by atoms with Gasteiger partial charge in [-0.15, -0.1) is 0 Å². The fourth-order valence-electron chi connectivity index (χ4n) is 2.68. The van der Waals surface area contributed by atoms with Gasteiger partial charge in [-0.2, -0.15) is 8.42 Å². The molecule has 0 spiro atoms. The van der Waals surface area contributed by atoms with Gasteiger partial charge < -0.3 is 10.1 Å². The highest BCUT2D eigenvalue weighted by molar-refractivity contribution is 7.85. The molecule has 1 amide bonds. The van der Waals surface area contributed by atoms with Crippen molar-refractivity contribution < 1.29 is 22.1 Å². The lowest BCUT2D eigenvalue weighted by Gasteiger charge is -2.11. The standard InChI is InChI=1S/C13H15NO5S/c1-7-3-8-4-9(6-18-20(2,16)17)19-13(8)10-5-11(15)14-12(7)10/h3,9H,4-6H2,1-2H3,(H,14,15). The molecule has 1 atom stereocenters. The van der Waals surface area contributed by atoms with Crippen molar-refractivity contribution >= 4 is 21.7 Å². The number of benzene rings is 1. The highest BCUT2D eigenvalue weighted by Crippen LogP contribution is 2.42. The van der Waals surface area contributed by atoms with Crippen molar-refractivity contribution in [2.75, 3.05) is 18.2 Å². The minimum absolute atomic E-state index is 0.0112. The van der Waals surface area contributed by atoms with Crippen LogP contribution in [0.5, 0.6) is 5.75 Å². The summed E-state index contributed by atoms with van der Waals surface area (Å²) < 4.78 is 32.6. The molecule has 1 aromatic carbocycles. The Hall–Kier alpha value is -1.60. The highest BCUT2D eigenvalue weighted by Gasteiger charge is 2.32. The number of rotatable bonds is 3. The van der Waals surface area contributed by atoms with Crippen molar-refractivity contribution in [1.82, 2.24) is 0 Å². The molecule has 1 aromatic rings. The number of fused-ring (bicyclic) bond motifs is 3. The van der Waals surface area contributed by atoms with E-state index in [9.17, 15) is 13.2 Å². The molecule has 1 unspecified atom stereocenters. The number of aryl methyl sites for hydroxylation is 1. The molecular weight excluding hydrogens is 282 g/mol. The second-order valence-corrected chi connectivity index (χ2v) is 6.84. The quantitative estimate of drug-likeness (QED) is 0.833. The first-order chi connectivity index (χ1) is 9.33. The molecule has 0 saturated heterocycles. The predicted molar refractivity (Wildman–Crippen MR) is 72.4 cm³/mol. The van der Waals surface area contributed by atoms with Gasteiger partial charge in [0.15, 0.2) is 0 Å². The number of nitrogens with one attached hydrogen (secondary N) is 1. The van der Waals surface area contributed by atoms with E-state index in [2.05, 4.69) is 5.32 Å². The molecule has 2 aliphatic heterocycles. The first-order valence-corrected chi connectivity index (χ1v) is 8.11. The van der Waals surface area contributed by atoms with Gasteiger partial charge in [0.1, 0.15) is 18.5 Å². The van der Waals surface area contributed by atoms with Crippen LogP contribution in [0.25, 0.3) is 0 Å². The Bertz CT molecular complexity index is 695. The number of hydrogen-bond acceptors (Lipinski definition) is 5. The zero-order valence-corrected chi connectivity index (χ0v) is 12.0. The summed E-state index contributed by atoms with van der Waals surface area (Å²) in [5.74, 6) is 0.655. The largest absolute Gasteiger partial charge is 0.487 e. The van der Waals surface area contributed by atoms with Crippen LogP contribution in [0.1, 0.15) is 16.7 Å². The van der Waals surface area contributed by atoms with Gasteiger partial charge in [-0.1, -0.05) is 6.07 Å². The van der Waals surface area contributed by atoms with Crippen LogP contribution in [-0.2, 0) is 31.9 Å². The molecule has 20 heavy (non-hydrogen) atoms. The number of amides is 1. The van der Waals surface area contributed by atoms with Crippen molar-refractivity contribution in [3.8, 4) is 5.75 Å². The lowest BCUT2D eigenvalue weighted by molar-refractivity contribution is -0.115. The summed E-state index contributed by atoms with van der Waals surface area (Å²) in [7, 11) is -3.47. The molecular formula is C13H15NO5S. The maximum absolute atomic E-state index is 11.5. The average Bonchev–Trinajstić information content (AvgIpc) is 2.88. The van der Waals surface area contributed by atoms with Crippen molar-refractivity contribution in [1.29, 1.82) is 0 Å². The van der Waals surface area contributed by atoms with Gasteiger partial charge in [0.2, 0.25) is 5.91 Å². The fraction of sp³-hybridized carbons (Fsp3) is 0.462. The Morgan fingerprint density at radius 2 is 2.25 bits per heavy atom. The van der Waals surface area contributed by atoms with E-state index in [1.807, 2.05) is 13.0 Å². The summed E-state index contributed by atoms with van der Waals surface area (Å²) in [5, 5.41) is 2.82. The minimum Gasteiger partial charge on any atom is -0.487 e. The van der Waals surface area contributed by atoms with E-state index >= 15 is 0 Å². The van der Waals surface area contributed by atoms with Gasteiger partial charge >= 0.3 is 0 Å².